The van der Waals surface area contributed by atoms with Crippen molar-refractivity contribution in [3.63, 3.8) is 0 Å². The second-order valence-electron chi connectivity index (χ2n) is 8.00. The van der Waals surface area contributed by atoms with Crippen molar-refractivity contribution in [1.82, 2.24) is 20.1 Å². The Bertz CT molecular complexity index is 1080. The van der Waals surface area contributed by atoms with Crippen LogP contribution in [0.25, 0.3) is 0 Å². The van der Waals surface area contributed by atoms with Gasteiger partial charge in [-0.25, -0.2) is 14.8 Å². The van der Waals surface area contributed by atoms with Gasteiger partial charge in [-0.2, -0.15) is 5.26 Å². The van der Waals surface area contributed by atoms with Crippen LogP contribution in [0.5, 0.6) is 11.5 Å². The first-order chi connectivity index (χ1) is 16.2. The fourth-order valence-corrected chi connectivity index (χ4v) is 3.03. The number of amides is 3. The molecule has 0 saturated carbocycles. The summed E-state index contributed by atoms with van der Waals surface area (Å²) in [5, 5.41) is 11.5. The minimum Gasteiger partial charge on any atom is -0.456 e. The van der Waals surface area contributed by atoms with Crippen LogP contribution in [0.15, 0.2) is 47.6 Å². The van der Waals surface area contributed by atoms with E-state index >= 15 is 0 Å². The quantitative estimate of drug-likeness (QED) is 0.393. The second kappa shape index (κ2) is 10.7. The standard InChI is InChI=1S/C23H26N6O5/c1-23(2)32-14-20(34-23)13-28(3)22(31)27-21(29(4)15-30)26-16-5-8-18(9-6-16)33-19-10-7-17(11-24)25-12-19/h5-10,12,15,20H,13-14H2,1-4H3,(H,26,27,31)/t20-/m0/s1. The molecule has 0 aliphatic carbocycles. The Morgan fingerprint density at radius 2 is 2.00 bits per heavy atom. The van der Waals surface area contributed by atoms with Crippen molar-refractivity contribution in [2.24, 2.45) is 4.99 Å². The number of pyridine rings is 1. The SMILES string of the molecule is CN(C=O)C(=Nc1ccc(Oc2ccc(C#N)nc2)cc1)NC(=O)N(C)C[C@H]1COC(C)(C)O1. The zero-order valence-electron chi connectivity index (χ0n) is 19.4. The molecule has 1 aromatic carbocycles. The van der Waals surface area contributed by atoms with Gasteiger partial charge in [0.2, 0.25) is 12.4 Å². The number of urea groups is 1. The van der Waals surface area contributed by atoms with Crippen molar-refractivity contribution < 1.29 is 23.8 Å². The molecule has 1 N–H and O–H groups in total. The largest absolute Gasteiger partial charge is 0.456 e. The predicted molar refractivity (Wildman–Crippen MR) is 122 cm³/mol. The highest BCUT2D eigenvalue weighted by Gasteiger charge is 2.34. The Morgan fingerprint density at radius 1 is 1.29 bits per heavy atom. The molecule has 2 aromatic rings. The van der Waals surface area contributed by atoms with E-state index in [1.165, 1.54) is 18.1 Å². The highest BCUT2D eigenvalue weighted by Crippen LogP contribution is 2.24. The Labute approximate surface area is 197 Å². The van der Waals surface area contributed by atoms with E-state index in [1.54, 1.807) is 43.4 Å². The monoisotopic (exact) mass is 466 g/mol. The third-order valence-corrected chi connectivity index (χ3v) is 4.76. The van der Waals surface area contributed by atoms with Crippen LogP contribution in [0.4, 0.5) is 10.5 Å². The highest BCUT2D eigenvalue weighted by molar-refractivity contribution is 6.01. The lowest BCUT2D eigenvalue weighted by atomic mass is 10.3. The van der Waals surface area contributed by atoms with E-state index in [4.69, 9.17) is 19.5 Å². The number of benzene rings is 1. The van der Waals surface area contributed by atoms with Gasteiger partial charge in [-0.05, 0) is 50.2 Å². The van der Waals surface area contributed by atoms with Gasteiger partial charge in [0.1, 0.15) is 29.4 Å². The number of hydrogen-bond donors (Lipinski definition) is 1. The number of aromatic nitrogens is 1. The number of rotatable bonds is 6. The molecule has 1 aliphatic rings. The molecule has 1 aromatic heterocycles. The van der Waals surface area contributed by atoms with Gasteiger partial charge < -0.3 is 19.1 Å². The van der Waals surface area contributed by atoms with E-state index in [2.05, 4.69) is 15.3 Å². The van der Waals surface area contributed by atoms with Crippen molar-refractivity contribution in [3.05, 3.63) is 48.3 Å². The number of carbonyl (C=O) groups is 2. The first kappa shape index (κ1) is 24.6. The van der Waals surface area contributed by atoms with E-state index in [0.29, 0.717) is 42.4 Å². The van der Waals surface area contributed by atoms with Gasteiger partial charge in [-0.1, -0.05) is 0 Å². The number of nitrogens with one attached hydrogen (secondary N) is 1. The Morgan fingerprint density at radius 3 is 2.56 bits per heavy atom. The molecule has 1 saturated heterocycles. The molecular formula is C23H26N6O5. The molecule has 3 amide bonds. The van der Waals surface area contributed by atoms with E-state index in [-0.39, 0.29) is 12.1 Å². The molecule has 0 spiro atoms. The molecule has 0 unspecified atom stereocenters. The van der Waals surface area contributed by atoms with Crippen LogP contribution in [0.2, 0.25) is 0 Å². The molecular weight excluding hydrogens is 440 g/mol. The fourth-order valence-electron chi connectivity index (χ4n) is 3.03. The fraction of sp³-hybridized carbons (Fsp3) is 0.348. The number of hydrogen-bond acceptors (Lipinski definition) is 8. The number of carbonyl (C=O) groups excluding carboxylic acids is 2. The summed E-state index contributed by atoms with van der Waals surface area (Å²) in [6.07, 6.45) is 1.75. The Kier molecular flexibility index (Phi) is 7.78. The van der Waals surface area contributed by atoms with Crippen LogP contribution in [0, 0.1) is 11.3 Å². The third-order valence-electron chi connectivity index (χ3n) is 4.76. The predicted octanol–water partition coefficient (Wildman–Crippen LogP) is 2.61. The van der Waals surface area contributed by atoms with Crippen LogP contribution < -0.4 is 10.1 Å². The maximum atomic E-state index is 12.7. The minimum absolute atomic E-state index is 0.0562. The van der Waals surface area contributed by atoms with Crippen LogP contribution in [-0.2, 0) is 14.3 Å². The number of guanidine groups is 1. The Hall–Kier alpha value is -4.01. The lowest BCUT2D eigenvalue weighted by Crippen LogP contribution is -2.48. The van der Waals surface area contributed by atoms with E-state index in [1.807, 2.05) is 19.9 Å². The molecule has 0 bridgehead atoms. The normalized spacial score (nSPS) is 16.9. The molecule has 178 valence electrons. The average Bonchev–Trinajstić information content (AvgIpc) is 3.17. The maximum Gasteiger partial charge on any atom is 0.324 e. The maximum absolute atomic E-state index is 12.7. The summed E-state index contributed by atoms with van der Waals surface area (Å²) in [7, 11) is 3.10. The summed E-state index contributed by atoms with van der Waals surface area (Å²) in [6, 6.07) is 11.4. The number of nitrogens with zero attached hydrogens (tertiary/aromatic N) is 5. The molecule has 3 rings (SSSR count). The Balaban J connectivity index is 1.65. The summed E-state index contributed by atoms with van der Waals surface area (Å²) in [4.78, 5) is 34.9. The minimum atomic E-state index is -0.682. The van der Waals surface area contributed by atoms with Crippen molar-refractivity contribution >= 4 is 24.1 Å². The van der Waals surface area contributed by atoms with Crippen molar-refractivity contribution in [1.29, 1.82) is 5.26 Å². The smallest absolute Gasteiger partial charge is 0.324 e. The van der Waals surface area contributed by atoms with Gasteiger partial charge in [0.15, 0.2) is 5.79 Å². The van der Waals surface area contributed by atoms with Gasteiger partial charge in [0.25, 0.3) is 0 Å². The number of nitriles is 1. The van der Waals surface area contributed by atoms with Crippen LogP contribution in [0.1, 0.15) is 19.5 Å². The molecule has 0 radical (unpaired) electrons. The van der Waals surface area contributed by atoms with Crippen molar-refractivity contribution in [2.45, 2.75) is 25.7 Å². The molecule has 1 fully saturated rings. The van der Waals surface area contributed by atoms with Gasteiger partial charge >= 0.3 is 6.03 Å². The molecule has 1 atom stereocenters. The highest BCUT2D eigenvalue weighted by atomic mass is 16.7. The second-order valence-corrected chi connectivity index (χ2v) is 8.00. The number of likely N-dealkylation sites (N-methyl/N-ethyl adjacent to an activating group) is 1. The van der Waals surface area contributed by atoms with Gasteiger partial charge in [0, 0.05) is 14.1 Å². The summed E-state index contributed by atoms with van der Waals surface area (Å²) >= 11 is 0. The molecule has 11 heteroatoms. The van der Waals surface area contributed by atoms with E-state index in [0.717, 1.165) is 4.90 Å². The molecule has 11 nitrogen and oxygen atoms in total. The van der Waals surface area contributed by atoms with Gasteiger partial charge in [0.05, 0.1) is 25.0 Å². The average molecular weight is 466 g/mol. The summed E-state index contributed by atoms with van der Waals surface area (Å²) in [6.45, 7) is 4.32. The zero-order chi connectivity index (χ0) is 24.7. The molecule has 1 aliphatic heterocycles. The van der Waals surface area contributed by atoms with Gasteiger partial charge in [-0.15, -0.1) is 0 Å². The van der Waals surface area contributed by atoms with Crippen LogP contribution >= 0.6 is 0 Å². The van der Waals surface area contributed by atoms with Crippen molar-refractivity contribution in [3.8, 4) is 17.6 Å². The van der Waals surface area contributed by atoms with E-state index in [9.17, 15) is 9.59 Å². The number of aliphatic imine (C=N–C) groups is 1. The van der Waals surface area contributed by atoms with Crippen molar-refractivity contribution in [2.75, 3.05) is 27.2 Å². The number of ether oxygens (including phenoxy) is 3. The lowest BCUT2D eigenvalue weighted by Gasteiger charge is -2.24. The van der Waals surface area contributed by atoms with Gasteiger partial charge in [-0.3, -0.25) is 15.0 Å². The van der Waals surface area contributed by atoms with Crippen LogP contribution in [-0.4, -0.2) is 72.3 Å². The summed E-state index contributed by atoms with van der Waals surface area (Å²) in [5.74, 6) is 0.382. The first-order valence-electron chi connectivity index (χ1n) is 10.4. The first-order valence-corrected chi connectivity index (χ1v) is 10.4. The lowest BCUT2D eigenvalue weighted by molar-refractivity contribution is -0.139. The molecule has 34 heavy (non-hydrogen) atoms. The molecule has 2 heterocycles. The zero-order valence-corrected chi connectivity index (χ0v) is 19.4. The summed E-state index contributed by atoms with van der Waals surface area (Å²) in [5.41, 5.74) is 0.788. The van der Waals surface area contributed by atoms with E-state index < -0.39 is 11.8 Å². The topological polar surface area (TPSA) is 129 Å². The summed E-state index contributed by atoms with van der Waals surface area (Å²) < 4.78 is 16.9. The van der Waals surface area contributed by atoms with Crippen LogP contribution in [0.3, 0.4) is 0 Å². The third kappa shape index (κ3) is 6.74.